The van der Waals surface area contributed by atoms with Crippen LogP contribution in [0, 0.1) is 0 Å². The molecule has 126 valence electrons. The minimum Gasteiger partial charge on any atom is -0.480 e. The summed E-state index contributed by atoms with van der Waals surface area (Å²) in [5, 5.41) is 20.5. The van der Waals surface area contributed by atoms with Crippen molar-refractivity contribution in [2.45, 2.75) is 24.5 Å². The van der Waals surface area contributed by atoms with Crippen molar-refractivity contribution >= 4 is 11.8 Å². The number of carbonyl (C=O) groups is 1. The number of benzene rings is 1. The zero-order valence-corrected chi connectivity index (χ0v) is 13.3. The summed E-state index contributed by atoms with van der Waals surface area (Å²) in [6.45, 7) is 0.986. The topological polar surface area (TPSA) is 99.7 Å². The molecule has 1 saturated heterocycles. The maximum absolute atomic E-state index is 11.8. The molecule has 0 amide bonds. The van der Waals surface area contributed by atoms with Gasteiger partial charge in [-0.05, 0) is 30.0 Å². The molecule has 1 aromatic carbocycles. The van der Waals surface area contributed by atoms with Gasteiger partial charge in [0, 0.05) is 19.3 Å². The molecule has 1 aliphatic rings. The number of aromatic nitrogens is 1. The van der Waals surface area contributed by atoms with Crippen LogP contribution in [0.2, 0.25) is 0 Å². The third kappa shape index (κ3) is 3.25. The predicted molar refractivity (Wildman–Crippen MR) is 90.2 cm³/mol. The van der Waals surface area contributed by atoms with E-state index in [9.17, 15) is 15.0 Å². The van der Waals surface area contributed by atoms with Crippen molar-refractivity contribution in [2.75, 3.05) is 18.8 Å². The van der Waals surface area contributed by atoms with Gasteiger partial charge in [-0.15, -0.1) is 0 Å². The Bertz CT molecular complexity index is 695. The van der Waals surface area contributed by atoms with Gasteiger partial charge in [-0.25, -0.2) is 4.98 Å². The average molecular weight is 327 g/mol. The van der Waals surface area contributed by atoms with Crippen molar-refractivity contribution in [1.29, 1.82) is 0 Å². The monoisotopic (exact) mass is 327 g/mol. The number of aliphatic carboxylic acids is 1. The number of aliphatic hydroxyl groups is 1. The molecule has 0 spiro atoms. The fraction of sp³-hybridized carbons (Fsp3) is 0.333. The first-order valence-electron chi connectivity index (χ1n) is 7.96. The van der Waals surface area contributed by atoms with E-state index in [-0.39, 0.29) is 0 Å². The third-order valence-electron chi connectivity index (χ3n) is 4.66. The van der Waals surface area contributed by atoms with Crippen LogP contribution in [0.5, 0.6) is 0 Å². The molecule has 3 rings (SSSR count). The van der Waals surface area contributed by atoms with Crippen LogP contribution in [0.15, 0.2) is 48.7 Å². The molecule has 4 N–H and O–H groups in total. The quantitative estimate of drug-likeness (QED) is 0.791. The SMILES string of the molecule is Nc1ccc([C@H](C(=O)O)N2CCC(O)(c3ccccc3)CC2)cn1. The predicted octanol–water partition coefficient (Wildman–Crippen LogP) is 1.77. The van der Waals surface area contributed by atoms with Gasteiger partial charge in [-0.2, -0.15) is 0 Å². The first-order valence-corrected chi connectivity index (χ1v) is 7.96. The first kappa shape index (κ1) is 16.4. The van der Waals surface area contributed by atoms with E-state index in [0.717, 1.165) is 5.56 Å². The van der Waals surface area contributed by atoms with E-state index in [1.807, 2.05) is 35.2 Å². The second-order valence-corrected chi connectivity index (χ2v) is 6.19. The van der Waals surface area contributed by atoms with E-state index in [2.05, 4.69) is 4.98 Å². The molecule has 0 bridgehead atoms. The molecule has 24 heavy (non-hydrogen) atoms. The average Bonchev–Trinajstić information content (AvgIpc) is 2.59. The van der Waals surface area contributed by atoms with Crippen LogP contribution >= 0.6 is 0 Å². The molecular formula is C18H21N3O3. The summed E-state index contributed by atoms with van der Waals surface area (Å²) in [5.41, 5.74) is 6.15. The van der Waals surface area contributed by atoms with Gasteiger partial charge in [0.25, 0.3) is 0 Å². The van der Waals surface area contributed by atoms with Crippen molar-refractivity contribution in [3.63, 3.8) is 0 Å². The lowest BCUT2D eigenvalue weighted by atomic mass is 9.84. The number of hydrogen-bond donors (Lipinski definition) is 3. The number of hydrogen-bond acceptors (Lipinski definition) is 5. The summed E-state index contributed by atoms with van der Waals surface area (Å²) < 4.78 is 0. The van der Waals surface area contributed by atoms with Crippen molar-refractivity contribution in [3.05, 3.63) is 59.8 Å². The standard InChI is InChI=1S/C18H21N3O3/c19-15-7-6-13(12-20-15)16(17(22)23)21-10-8-18(24,9-11-21)14-4-2-1-3-5-14/h1-7,12,16,24H,8-11H2,(H2,19,20)(H,22,23)/t16-/m1/s1. The van der Waals surface area contributed by atoms with Gasteiger partial charge in [0.2, 0.25) is 0 Å². The van der Waals surface area contributed by atoms with Gasteiger partial charge < -0.3 is 15.9 Å². The Labute approximate surface area is 140 Å². The van der Waals surface area contributed by atoms with Crippen LogP contribution in [0.3, 0.4) is 0 Å². The zero-order valence-electron chi connectivity index (χ0n) is 13.3. The molecule has 6 nitrogen and oxygen atoms in total. The van der Waals surface area contributed by atoms with E-state index in [4.69, 9.17) is 5.73 Å². The molecule has 1 fully saturated rings. The highest BCUT2D eigenvalue weighted by atomic mass is 16.4. The molecule has 0 radical (unpaired) electrons. The Morgan fingerprint density at radius 2 is 1.83 bits per heavy atom. The van der Waals surface area contributed by atoms with Crippen LogP contribution in [-0.2, 0) is 10.4 Å². The number of carboxylic acids is 1. The summed E-state index contributed by atoms with van der Waals surface area (Å²) in [4.78, 5) is 17.6. The highest BCUT2D eigenvalue weighted by Crippen LogP contribution is 2.35. The van der Waals surface area contributed by atoms with Crippen molar-refractivity contribution in [1.82, 2.24) is 9.88 Å². The fourth-order valence-corrected chi connectivity index (χ4v) is 3.28. The van der Waals surface area contributed by atoms with Crippen molar-refractivity contribution < 1.29 is 15.0 Å². The van der Waals surface area contributed by atoms with Crippen LogP contribution < -0.4 is 5.73 Å². The first-order chi connectivity index (χ1) is 11.5. The summed E-state index contributed by atoms with van der Waals surface area (Å²) in [7, 11) is 0. The number of pyridine rings is 1. The number of nitrogens with two attached hydrogens (primary N) is 1. The van der Waals surface area contributed by atoms with Crippen LogP contribution in [0.25, 0.3) is 0 Å². The summed E-state index contributed by atoms with van der Waals surface area (Å²) in [6, 6.07) is 12.1. The lowest BCUT2D eigenvalue weighted by Gasteiger charge is -2.40. The van der Waals surface area contributed by atoms with Crippen LogP contribution in [0.4, 0.5) is 5.82 Å². The molecule has 2 aromatic rings. The van der Waals surface area contributed by atoms with E-state index >= 15 is 0 Å². The normalized spacial score (nSPS) is 18.9. The molecule has 1 aromatic heterocycles. The van der Waals surface area contributed by atoms with Gasteiger partial charge in [-0.3, -0.25) is 9.69 Å². The minimum atomic E-state index is -0.924. The third-order valence-corrected chi connectivity index (χ3v) is 4.66. The number of piperidine rings is 1. The van der Waals surface area contributed by atoms with E-state index in [1.54, 1.807) is 12.1 Å². The second kappa shape index (κ2) is 6.59. The zero-order chi connectivity index (χ0) is 17.2. The van der Waals surface area contributed by atoms with Gasteiger partial charge >= 0.3 is 5.97 Å². The molecule has 1 atom stereocenters. The molecule has 1 aliphatic heterocycles. The Morgan fingerprint density at radius 3 is 2.38 bits per heavy atom. The van der Waals surface area contributed by atoms with Gasteiger partial charge in [0.1, 0.15) is 11.9 Å². The molecule has 6 heteroatoms. The highest BCUT2D eigenvalue weighted by molar-refractivity contribution is 5.75. The molecule has 0 saturated carbocycles. The maximum atomic E-state index is 11.8. The lowest BCUT2D eigenvalue weighted by Crippen LogP contribution is -2.46. The van der Waals surface area contributed by atoms with Crippen molar-refractivity contribution in [2.24, 2.45) is 0 Å². The number of carboxylic acid groups (broad SMARTS) is 1. The number of anilines is 1. The number of likely N-dealkylation sites (tertiary alicyclic amines) is 1. The number of rotatable bonds is 4. The summed E-state index contributed by atoms with van der Waals surface area (Å²) in [6.07, 6.45) is 2.48. The lowest BCUT2D eigenvalue weighted by molar-refractivity contribution is -0.146. The minimum absolute atomic E-state index is 0.361. The van der Waals surface area contributed by atoms with Crippen LogP contribution in [-0.4, -0.2) is 39.2 Å². The fourth-order valence-electron chi connectivity index (χ4n) is 3.28. The Morgan fingerprint density at radius 1 is 1.17 bits per heavy atom. The Kier molecular flexibility index (Phi) is 4.51. The summed E-state index contributed by atoms with van der Waals surface area (Å²) >= 11 is 0. The number of nitrogen functional groups attached to an aromatic ring is 1. The molecule has 0 aliphatic carbocycles. The van der Waals surface area contributed by atoms with E-state index in [1.165, 1.54) is 6.20 Å². The van der Waals surface area contributed by atoms with Gasteiger partial charge in [0.15, 0.2) is 0 Å². The Balaban J connectivity index is 1.76. The van der Waals surface area contributed by atoms with E-state index in [0.29, 0.717) is 37.3 Å². The smallest absolute Gasteiger partial charge is 0.325 e. The van der Waals surface area contributed by atoms with Gasteiger partial charge in [0.05, 0.1) is 5.60 Å². The van der Waals surface area contributed by atoms with Gasteiger partial charge in [-0.1, -0.05) is 36.4 Å². The molecular weight excluding hydrogens is 306 g/mol. The van der Waals surface area contributed by atoms with Crippen LogP contribution in [0.1, 0.15) is 30.0 Å². The number of nitrogens with zero attached hydrogens (tertiary/aromatic N) is 2. The Hall–Kier alpha value is -2.44. The van der Waals surface area contributed by atoms with E-state index < -0.39 is 17.6 Å². The summed E-state index contributed by atoms with van der Waals surface area (Å²) in [5.74, 6) is -0.563. The molecule has 0 unspecified atom stereocenters. The maximum Gasteiger partial charge on any atom is 0.325 e. The second-order valence-electron chi connectivity index (χ2n) is 6.19. The largest absolute Gasteiger partial charge is 0.480 e. The highest BCUT2D eigenvalue weighted by Gasteiger charge is 2.38. The molecule has 2 heterocycles. The van der Waals surface area contributed by atoms with Crippen molar-refractivity contribution in [3.8, 4) is 0 Å².